The van der Waals surface area contributed by atoms with Crippen molar-refractivity contribution in [3.8, 4) is 5.75 Å². The van der Waals surface area contributed by atoms with E-state index in [9.17, 15) is 18.0 Å². The van der Waals surface area contributed by atoms with Gasteiger partial charge in [0.2, 0.25) is 15.9 Å². The number of nitrogens with one attached hydrogen (secondary N) is 2. The molecule has 0 radical (unpaired) electrons. The van der Waals surface area contributed by atoms with Crippen molar-refractivity contribution in [1.82, 2.24) is 14.2 Å². The average Bonchev–Trinajstić information content (AvgIpc) is 3.35. The molecule has 1 aromatic heterocycles. The van der Waals surface area contributed by atoms with Crippen molar-refractivity contribution in [1.29, 1.82) is 0 Å². The van der Waals surface area contributed by atoms with E-state index >= 15 is 0 Å². The summed E-state index contributed by atoms with van der Waals surface area (Å²) in [6.07, 6.45) is 5.59. The summed E-state index contributed by atoms with van der Waals surface area (Å²) in [6, 6.07) is 8.45. The van der Waals surface area contributed by atoms with Gasteiger partial charge >= 0.3 is 0 Å². The number of rotatable bonds is 6. The lowest BCUT2D eigenvalue weighted by Gasteiger charge is -2.31. The number of carbonyl (C=O) groups is 2. The Morgan fingerprint density at radius 2 is 1.88 bits per heavy atom. The third kappa shape index (κ3) is 5.22. The number of carbonyl (C=O) groups excluding carboxylic acids is 2. The second-order valence-corrected chi connectivity index (χ2v) is 10.5. The molecule has 4 rings (SSSR count). The van der Waals surface area contributed by atoms with Crippen molar-refractivity contribution < 1.29 is 22.7 Å². The number of aromatic amines is 1. The lowest BCUT2D eigenvalue weighted by atomic mass is 9.98. The maximum atomic E-state index is 13.2. The Kier molecular flexibility index (Phi) is 7.04. The van der Waals surface area contributed by atoms with E-state index in [-0.39, 0.29) is 28.9 Å². The highest BCUT2D eigenvalue weighted by molar-refractivity contribution is 7.89. The molecule has 3 heterocycles. The summed E-state index contributed by atoms with van der Waals surface area (Å²) in [6.45, 7) is 1.82. The van der Waals surface area contributed by atoms with Crippen LogP contribution in [0.5, 0.6) is 5.75 Å². The Bertz CT molecular complexity index is 1110. The van der Waals surface area contributed by atoms with Crippen LogP contribution in [-0.2, 0) is 14.8 Å². The highest BCUT2D eigenvalue weighted by Crippen LogP contribution is 2.26. The van der Waals surface area contributed by atoms with Crippen LogP contribution >= 0.6 is 0 Å². The number of piperidine rings is 2. The number of aromatic nitrogens is 1. The fourth-order valence-corrected chi connectivity index (χ4v) is 5.90. The summed E-state index contributed by atoms with van der Waals surface area (Å²) in [4.78, 5) is 30.2. The van der Waals surface area contributed by atoms with E-state index in [1.165, 1.54) is 16.6 Å². The van der Waals surface area contributed by atoms with Gasteiger partial charge < -0.3 is 19.9 Å². The summed E-state index contributed by atoms with van der Waals surface area (Å²) in [5.74, 6) is -0.236. The first-order chi connectivity index (χ1) is 15.9. The molecule has 2 aliphatic rings. The highest BCUT2D eigenvalue weighted by Gasteiger charge is 2.34. The quantitative estimate of drug-likeness (QED) is 0.669. The monoisotopic (exact) mass is 474 g/mol. The van der Waals surface area contributed by atoms with E-state index < -0.39 is 15.9 Å². The molecule has 10 heteroatoms. The van der Waals surface area contributed by atoms with E-state index in [1.807, 2.05) is 0 Å². The van der Waals surface area contributed by atoms with Crippen molar-refractivity contribution in [2.24, 2.45) is 5.92 Å². The largest absolute Gasteiger partial charge is 0.497 e. The van der Waals surface area contributed by atoms with Crippen LogP contribution in [0.15, 0.2) is 41.4 Å². The van der Waals surface area contributed by atoms with Crippen LogP contribution in [0.2, 0.25) is 0 Å². The number of benzene rings is 1. The lowest BCUT2D eigenvalue weighted by molar-refractivity contribution is -0.120. The van der Waals surface area contributed by atoms with Gasteiger partial charge in [-0.2, -0.15) is 4.31 Å². The number of amides is 2. The minimum Gasteiger partial charge on any atom is -0.497 e. The molecule has 0 aliphatic carbocycles. The van der Waals surface area contributed by atoms with E-state index in [4.69, 9.17) is 4.74 Å². The zero-order valence-corrected chi connectivity index (χ0v) is 19.6. The number of hydrogen-bond acceptors (Lipinski definition) is 5. The summed E-state index contributed by atoms with van der Waals surface area (Å²) in [5, 5.41) is 2.86. The molecule has 0 unspecified atom stereocenters. The Hall–Kier alpha value is -2.85. The summed E-state index contributed by atoms with van der Waals surface area (Å²) in [7, 11) is -2.27. The summed E-state index contributed by atoms with van der Waals surface area (Å²) >= 11 is 0. The van der Waals surface area contributed by atoms with Crippen molar-refractivity contribution in [2.75, 3.05) is 38.6 Å². The fourth-order valence-electron chi connectivity index (χ4n) is 4.38. The van der Waals surface area contributed by atoms with Gasteiger partial charge in [-0.25, -0.2) is 8.42 Å². The highest BCUT2D eigenvalue weighted by atomic mass is 32.2. The van der Waals surface area contributed by atoms with Crippen molar-refractivity contribution in [2.45, 2.75) is 37.0 Å². The molecule has 178 valence electrons. The van der Waals surface area contributed by atoms with Crippen LogP contribution in [-0.4, -0.2) is 67.7 Å². The molecule has 1 aromatic carbocycles. The van der Waals surface area contributed by atoms with Crippen LogP contribution in [0.25, 0.3) is 0 Å². The van der Waals surface area contributed by atoms with Crippen LogP contribution in [0, 0.1) is 5.92 Å². The number of anilines is 1. The maximum Gasteiger partial charge on any atom is 0.270 e. The molecule has 9 nitrogen and oxygen atoms in total. The summed E-state index contributed by atoms with van der Waals surface area (Å²) < 4.78 is 33.0. The van der Waals surface area contributed by atoms with E-state index in [0.717, 1.165) is 19.3 Å². The second kappa shape index (κ2) is 9.96. The van der Waals surface area contributed by atoms with Gasteiger partial charge in [0.15, 0.2) is 0 Å². The van der Waals surface area contributed by atoms with Crippen LogP contribution in [0.4, 0.5) is 5.69 Å². The Labute approximate surface area is 194 Å². The average molecular weight is 475 g/mol. The van der Waals surface area contributed by atoms with Gasteiger partial charge in [-0.05, 0) is 50.3 Å². The molecule has 0 spiro atoms. The number of hydrogen-bond donors (Lipinski definition) is 2. The van der Waals surface area contributed by atoms with Gasteiger partial charge in [0.05, 0.1) is 13.0 Å². The first-order valence-corrected chi connectivity index (χ1v) is 12.8. The predicted octanol–water partition coefficient (Wildman–Crippen LogP) is 2.69. The molecule has 1 atom stereocenters. The van der Waals surface area contributed by atoms with Crippen LogP contribution in [0.1, 0.15) is 42.6 Å². The van der Waals surface area contributed by atoms with Crippen molar-refractivity contribution >= 4 is 27.5 Å². The third-order valence-electron chi connectivity index (χ3n) is 6.26. The van der Waals surface area contributed by atoms with Gasteiger partial charge in [-0.15, -0.1) is 0 Å². The van der Waals surface area contributed by atoms with Gasteiger partial charge in [0, 0.05) is 44.1 Å². The van der Waals surface area contributed by atoms with Gasteiger partial charge in [0.1, 0.15) is 16.3 Å². The molecule has 2 N–H and O–H groups in total. The van der Waals surface area contributed by atoms with E-state index in [2.05, 4.69) is 10.3 Å². The molecule has 2 aromatic rings. The fraction of sp³-hybridized carbons (Fsp3) is 0.478. The third-order valence-corrected chi connectivity index (χ3v) is 8.10. The zero-order valence-electron chi connectivity index (χ0n) is 18.7. The number of H-pyrrole nitrogens is 1. The van der Waals surface area contributed by atoms with E-state index in [0.29, 0.717) is 43.9 Å². The molecule has 2 saturated heterocycles. The normalized spacial score (nSPS) is 19.8. The second-order valence-electron chi connectivity index (χ2n) is 8.53. The lowest BCUT2D eigenvalue weighted by Crippen LogP contribution is -2.43. The van der Waals surface area contributed by atoms with Crippen LogP contribution < -0.4 is 10.1 Å². The molecule has 2 amide bonds. The standard InChI is InChI=1S/C23H30N4O5S/c1-32-19-9-5-8-18(13-19)25-22(28)17-7-6-12-27(16-17)33(30,31)20-14-21(24-15-20)23(29)26-10-3-2-4-11-26/h5,8-9,13-15,17,24H,2-4,6-7,10-12,16H2,1H3,(H,25,28)/t17-/m1/s1. The number of sulfonamides is 1. The van der Waals surface area contributed by atoms with Gasteiger partial charge in [0.25, 0.3) is 5.91 Å². The van der Waals surface area contributed by atoms with Gasteiger partial charge in [-0.3, -0.25) is 9.59 Å². The minimum atomic E-state index is -3.82. The number of methoxy groups -OCH3 is 1. The number of nitrogens with zero attached hydrogens (tertiary/aromatic N) is 2. The van der Waals surface area contributed by atoms with Crippen molar-refractivity contribution in [3.63, 3.8) is 0 Å². The molecule has 33 heavy (non-hydrogen) atoms. The smallest absolute Gasteiger partial charge is 0.270 e. The maximum absolute atomic E-state index is 13.2. The number of ether oxygens (including phenoxy) is 1. The topological polar surface area (TPSA) is 112 Å². The molecule has 0 saturated carbocycles. The number of likely N-dealkylation sites (tertiary alicyclic amines) is 1. The molecule has 2 fully saturated rings. The SMILES string of the molecule is COc1cccc(NC(=O)[C@@H]2CCCN(S(=O)(=O)c3c[nH]c(C(=O)N4CCCCC4)c3)C2)c1. The predicted molar refractivity (Wildman–Crippen MR) is 124 cm³/mol. The molecular formula is C23H30N4O5S. The van der Waals surface area contributed by atoms with E-state index in [1.54, 1.807) is 36.3 Å². The zero-order chi connectivity index (χ0) is 23.4. The minimum absolute atomic E-state index is 0.0525. The Balaban J connectivity index is 1.43. The first-order valence-electron chi connectivity index (χ1n) is 11.3. The molecule has 2 aliphatic heterocycles. The molecular weight excluding hydrogens is 444 g/mol. The molecule has 0 bridgehead atoms. The van der Waals surface area contributed by atoms with Crippen LogP contribution in [0.3, 0.4) is 0 Å². The Morgan fingerprint density at radius 1 is 1.09 bits per heavy atom. The first kappa shape index (κ1) is 23.3. The Morgan fingerprint density at radius 3 is 2.64 bits per heavy atom. The van der Waals surface area contributed by atoms with Gasteiger partial charge in [-0.1, -0.05) is 6.07 Å². The summed E-state index contributed by atoms with van der Waals surface area (Å²) in [5.41, 5.74) is 0.880. The van der Waals surface area contributed by atoms with Crippen molar-refractivity contribution in [3.05, 3.63) is 42.2 Å².